The Balaban J connectivity index is 1.32. The lowest BCUT2D eigenvalue weighted by atomic mass is 10.0. The van der Waals surface area contributed by atoms with E-state index in [0.717, 1.165) is 28.4 Å². The van der Waals surface area contributed by atoms with Crippen molar-refractivity contribution in [2.75, 3.05) is 9.80 Å². The van der Waals surface area contributed by atoms with Gasteiger partial charge in [0.15, 0.2) is 0 Å². The Morgan fingerprint density at radius 3 is 1.20 bits per heavy atom. The van der Waals surface area contributed by atoms with Gasteiger partial charge in [-0.1, -0.05) is 96.6 Å². The third kappa shape index (κ3) is 5.25. The van der Waals surface area contributed by atoms with Gasteiger partial charge in [-0.25, -0.2) is 0 Å². The molecule has 0 aliphatic rings. The van der Waals surface area contributed by atoms with Crippen LogP contribution in [-0.4, -0.2) is 0 Å². The van der Waals surface area contributed by atoms with Crippen LogP contribution in [0.15, 0.2) is 158 Å². The minimum absolute atomic E-state index is 1.13. The third-order valence-electron chi connectivity index (χ3n) is 7.26. The zero-order valence-electron chi connectivity index (χ0n) is 22.9. The number of aryl methyl sites for hydroxylation is 2. The second-order valence-corrected chi connectivity index (χ2v) is 10.1. The molecule has 0 fully saturated rings. The average molecular weight is 517 g/mol. The van der Waals surface area contributed by atoms with Crippen molar-refractivity contribution in [2.45, 2.75) is 13.8 Å². The van der Waals surface area contributed by atoms with Gasteiger partial charge in [0.25, 0.3) is 0 Å². The number of benzene rings is 6. The van der Waals surface area contributed by atoms with E-state index in [4.69, 9.17) is 0 Å². The zero-order valence-corrected chi connectivity index (χ0v) is 22.9. The average Bonchev–Trinajstić information content (AvgIpc) is 3.01. The lowest BCUT2D eigenvalue weighted by Gasteiger charge is -2.27. The lowest BCUT2D eigenvalue weighted by Crippen LogP contribution is -2.11. The van der Waals surface area contributed by atoms with Gasteiger partial charge in [0.05, 0.1) is 0 Å². The van der Waals surface area contributed by atoms with E-state index in [1.807, 2.05) is 0 Å². The smallest absolute Gasteiger partial charge is 0.0490 e. The minimum atomic E-state index is 1.13. The van der Waals surface area contributed by atoms with Crippen LogP contribution in [0, 0.1) is 13.8 Å². The van der Waals surface area contributed by atoms with E-state index in [9.17, 15) is 0 Å². The summed E-state index contributed by atoms with van der Waals surface area (Å²) in [7, 11) is 0. The van der Waals surface area contributed by atoms with Crippen molar-refractivity contribution < 1.29 is 0 Å². The van der Waals surface area contributed by atoms with Crippen LogP contribution in [0.4, 0.5) is 34.1 Å². The van der Waals surface area contributed by atoms with Crippen LogP contribution in [-0.2, 0) is 0 Å². The zero-order chi connectivity index (χ0) is 27.3. The monoisotopic (exact) mass is 516 g/mol. The van der Waals surface area contributed by atoms with Gasteiger partial charge >= 0.3 is 0 Å². The van der Waals surface area contributed by atoms with Gasteiger partial charge in [-0.2, -0.15) is 0 Å². The Morgan fingerprint density at radius 1 is 0.325 bits per heavy atom. The Kier molecular flexibility index (Phi) is 7.15. The molecule has 194 valence electrons. The fourth-order valence-corrected chi connectivity index (χ4v) is 5.14. The minimum Gasteiger partial charge on any atom is -0.311 e. The van der Waals surface area contributed by atoms with E-state index >= 15 is 0 Å². The molecule has 2 heteroatoms. The number of rotatable bonds is 7. The van der Waals surface area contributed by atoms with E-state index in [1.54, 1.807) is 0 Å². The van der Waals surface area contributed by atoms with Crippen molar-refractivity contribution in [3.8, 4) is 11.1 Å². The van der Waals surface area contributed by atoms with Gasteiger partial charge < -0.3 is 9.80 Å². The molecule has 0 radical (unpaired) electrons. The Morgan fingerprint density at radius 2 is 0.700 bits per heavy atom. The molecule has 0 unspecified atom stereocenters. The van der Waals surface area contributed by atoms with Gasteiger partial charge in [0, 0.05) is 34.1 Å². The summed E-state index contributed by atoms with van der Waals surface area (Å²) in [6, 6.07) is 56.0. The molecule has 2 nitrogen and oxygen atoms in total. The largest absolute Gasteiger partial charge is 0.311 e. The lowest BCUT2D eigenvalue weighted by molar-refractivity contribution is 1.25. The molecule has 0 spiro atoms. The summed E-state index contributed by atoms with van der Waals surface area (Å²) in [5.74, 6) is 0. The second-order valence-electron chi connectivity index (χ2n) is 10.1. The Labute approximate surface area is 237 Å². The second kappa shape index (κ2) is 11.3. The van der Waals surface area contributed by atoms with Crippen LogP contribution in [0.1, 0.15) is 11.1 Å². The molecular weight excluding hydrogens is 484 g/mol. The normalized spacial score (nSPS) is 10.8. The summed E-state index contributed by atoms with van der Waals surface area (Å²) >= 11 is 0. The molecule has 6 rings (SSSR count). The van der Waals surface area contributed by atoms with E-state index in [1.165, 1.54) is 27.9 Å². The predicted octanol–water partition coefficient (Wildman–Crippen LogP) is 10.9. The van der Waals surface area contributed by atoms with Crippen LogP contribution in [0.2, 0.25) is 0 Å². The molecule has 0 atom stereocenters. The molecule has 0 heterocycles. The summed E-state index contributed by atoms with van der Waals surface area (Å²) in [6.07, 6.45) is 0. The standard InChI is InChI=1S/C38H32N2/c1-29-17-23-35(24-18-29)39(33-12-5-3-6-13-33)36-25-19-31(20-26-36)32-21-27-37(28-22-32)40(34-14-7-4-8-15-34)38-16-10-9-11-30(38)2/h3-28H,1-2H3. The quantitative estimate of drug-likeness (QED) is 0.208. The summed E-state index contributed by atoms with van der Waals surface area (Å²) in [5.41, 5.74) is 11.7. The molecule has 0 aliphatic carbocycles. The fourth-order valence-electron chi connectivity index (χ4n) is 5.14. The first-order valence-corrected chi connectivity index (χ1v) is 13.7. The van der Waals surface area contributed by atoms with Gasteiger partial charge in [0.2, 0.25) is 0 Å². The molecule has 0 aromatic heterocycles. The maximum Gasteiger partial charge on any atom is 0.0490 e. The van der Waals surface area contributed by atoms with Crippen molar-refractivity contribution in [3.63, 3.8) is 0 Å². The van der Waals surface area contributed by atoms with Crippen molar-refractivity contribution in [3.05, 3.63) is 169 Å². The first-order valence-electron chi connectivity index (χ1n) is 13.7. The summed E-state index contributed by atoms with van der Waals surface area (Å²) < 4.78 is 0. The number of hydrogen-bond acceptors (Lipinski definition) is 2. The van der Waals surface area contributed by atoms with Crippen LogP contribution >= 0.6 is 0 Å². The maximum absolute atomic E-state index is 2.32. The van der Waals surface area contributed by atoms with Gasteiger partial charge in [0.1, 0.15) is 0 Å². The first kappa shape index (κ1) is 25.2. The Hall–Kier alpha value is -5.08. The molecule has 0 N–H and O–H groups in total. The highest BCUT2D eigenvalue weighted by atomic mass is 15.1. The molecule has 6 aromatic rings. The van der Waals surface area contributed by atoms with Crippen molar-refractivity contribution in [1.29, 1.82) is 0 Å². The fraction of sp³-hybridized carbons (Fsp3) is 0.0526. The first-order chi connectivity index (χ1) is 19.7. The van der Waals surface area contributed by atoms with Crippen LogP contribution in [0.3, 0.4) is 0 Å². The van der Waals surface area contributed by atoms with E-state index in [-0.39, 0.29) is 0 Å². The molecule has 0 bridgehead atoms. The van der Waals surface area contributed by atoms with Gasteiger partial charge in [-0.05, 0) is 97.3 Å². The van der Waals surface area contributed by atoms with Crippen LogP contribution in [0.25, 0.3) is 11.1 Å². The highest BCUT2D eigenvalue weighted by Crippen LogP contribution is 2.38. The van der Waals surface area contributed by atoms with Crippen LogP contribution < -0.4 is 9.80 Å². The van der Waals surface area contributed by atoms with Crippen molar-refractivity contribution in [2.24, 2.45) is 0 Å². The predicted molar refractivity (Wildman–Crippen MR) is 171 cm³/mol. The molecule has 0 saturated heterocycles. The molecule has 0 aliphatic heterocycles. The third-order valence-corrected chi connectivity index (χ3v) is 7.26. The molecule has 6 aromatic carbocycles. The van der Waals surface area contributed by atoms with Gasteiger partial charge in [-0.15, -0.1) is 0 Å². The van der Waals surface area contributed by atoms with Crippen molar-refractivity contribution >= 4 is 34.1 Å². The molecule has 0 saturated carbocycles. The molecule has 40 heavy (non-hydrogen) atoms. The van der Waals surface area contributed by atoms with Crippen molar-refractivity contribution in [1.82, 2.24) is 0 Å². The SMILES string of the molecule is Cc1ccc(N(c2ccccc2)c2ccc(-c3ccc(N(c4ccccc4)c4ccccc4C)cc3)cc2)cc1. The number of hydrogen-bond donors (Lipinski definition) is 0. The summed E-state index contributed by atoms with van der Waals surface area (Å²) in [5, 5.41) is 0. The van der Waals surface area contributed by atoms with E-state index in [2.05, 4.69) is 181 Å². The molecular formula is C38H32N2. The highest BCUT2D eigenvalue weighted by Gasteiger charge is 2.15. The number of para-hydroxylation sites is 3. The van der Waals surface area contributed by atoms with Gasteiger partial charge in [-0.3, -0.25) is 0 Å². The molecule has 0 amide bonds. The highest BCUT2D eigenvalue weighted by molar-refractivity contribution is 5.81. The van der Waals surface area contributed by atoms with E-state index in [0.29, 0.717) is 0 Å². The maximum atomic E-state index is 2.32. The summed E-state index contributed by atoms with van der Waals surface area (Å²) in [4.78, 5) is 4.62. The van der Waals surface area contributed by atoms with Crippen LogP contribution in [0.5, 0.6) is 0 Å². The summed E-state index contributed by atoms with van der Waals surface area (Å²) in [6.45, 7) is 4.29. The topological polar surface area (TPSA) is 6.48 Å². The van der Waals surface area contributed by atoms with E-state index < -0.39 is 0 Å². The Bertz CT molecular complexity index is 1670. The number of anilines is 6. The number of nitrogens with zero attached hydrogens (tertiary/aromatic N) is 2.